The number of benzene rings is 1. The average Bonchev–Trinajstić information content (AvgIpc) is 3.00. The third-order valence-corrected chi connectivity index (χ3v) is 7.20. The molecule has 1 aromatic carbocycles. The van der Waals surface area contributed by atoms with Crippen LogP contribution in [0.3, 0.4) is 0 Å². The average molecular weight is 406 g/mol. The Kier molecular flexibility index (Phi) is 7.04. The lowest BCUT2D eigenvalue weighted by Gasteiger charge is -2.33. The maximum Gasteiger partial charge on any atom is 0.228 e. The van der Waals surface area contributed by atoms with Crippen molar-refractivity contribution in [3.05, 3.63) is 40.7 Å². The Hall–Kier alpha value is -1.26. The Morgan fingerprint density at radius 3 is 2.85 bits per heavy atom. The Morgan fingerprint density at radius 2 is 2.07 bits per heavy atom. The van der Waals surface area contributed by atoms with Gasteiger partial charge < -0.3 is 4.42 Å². The van der Waals surface area contributed by atoms with Gasteiger partial charge in [0.05, 0.1) is 22.0 Å². The van der Waals surface area contributed by atoms with E-state index in [1.54, 1.807) is 11.8 Å². The van der Waals surface area contributed by atoms with Gasteiger partial charge in [0.2, 0.25) is 5.89 Å². The summed E-state index contributed by atoms with van der Waals surface area (Å²) in [5.41, 5.74) is 1.69. The SMILES string of the molecule is Cc1oc(-c2ccccc2Cl)nc1CSCC(=O)CC1CCCC(C)C1C. The Balaban J connectivity index is 1.52. The minimum Gasteiger partial charge on any atom is -0.441 e. The Labute approximate surface area is 171 Å². The number of aryl methyl sites for hydroxylation is 1. The molecule has 0 amide bonds. The van der Waals surface area contributed by atoms with Gasteiger partial charge in [-0.05, 0) is 43.2 Å². The van der Waals surface area contributed by atoms with Crippen molar-refractivity contribution < 1.29 is 9.21 Å². The van der Waals surface area contributed by atoms with Gasteiger partial charge in [-0.3, -0.25) is 4.79 Å². The number of aromatic nitrogens is 1. The lowest BCUT2D eigenvalue weighted by molar-refractivity contribution is -0.118. The predicted molar refractivity (Wildman–Crippen MR) is 113 cm³/mol. The van der Waals surface area contributed by atoms with Gasteiger partial charge in [0.15, 0.2) is 0 Å². The first-order valence-electron chi connectivity index (χ1n) is 9.76. The number of Topliss-reactive ketones (excluding diaryl/α,β-unsaturated/α-hetero) is 1. The normalized spacial score (nSPS) is 22.7. The molecule has 0 spiro atoms. The zero-order valence-corrected chi connectivity index (χ0v) is 17.9. The number of thioether (sulfide) groups is 1. The third kappa shape index (κ3) is 5.17. The molecule has 1 aliphatic rings. The summed E-state index contributed by atoms with van der Waals surface area (Å²) >= 11 is 7.86. The molecular formula is C22H28ClNO2S. The van der Waals surface area contributed by atoms with Gasteiger partial charge in [0.1, 0.15) is 11.5 Å². The first-order valence-corrected chi connectivity index (χ1v) is 11.3. The van der Waals surface area contributed by atoms with Gasteiger partial charge in [0, 0.05) is 12.2 Å². The van der Waals surface area contributed by atoms with Crippen LogP contribution < -0.4 is 0 Å². The quantitative estimate of drug-likeness (QED) is 0.522. The summed E-state index contributed by atoms with van der Waals surface area (Å²) in [5.74, 6) is 4.88. The van der Waals surface area contributed by atoms with E-state index >= 15 is 0 Å². The number of ketones is 1. The van der Waals surface area contributed by atoms with E-state index in [9.17, 15) is 4.79 Å². The van der Waals surface area contributed by atoms with Crippen LogP contribution in [-0.2, 0) is 10.5 Å². The third-order valence-electron chi connectivity index (χ3n) is 5.86. The number of rotatable bonds is 7. The fourth-order valence-corrected chi connectivity index (χ4v) is 5.03. The molecule has 0 N–H and O–H groups in total. The van der Waals surface area contributed by atoms with Crippen molar-refractivity contribution in [3.8, 4) is 11.5 Å². The molecule has 1 fully saturated rings. The number of oxazole rings is 1. The maximum absolute atomic E-state index is 12.4. The van der Waals surface area contributed by atoms with Crippen molar-refractivity contribution in [2.75, 3.05) is 5.75 Å². The van der Waals surface area contributed by atoms with Crippen molar-refractivity contribution >= 4 is 29.1 Å². The van der Waals surface area contributed by atoms with E-state index in [4.69, 9.17) is 16.0 Å². The first kappa shape index (κ1) is 20.5. The second-order valence-corrected chi connectivity index (χ2v) is 9.16. The molecule has 1 heterocycles. The van der Waals surface area contributed by atoms with E-state index in [0.29, 0.717) is 40.0 Å². The molecule has 0 aliphatic heterocycles. The van der Waals surface area contributed by atoms with Crippen LogP contribution in [0.1, 0.15) is 51.0 Å². The van der Waals surface area contributed by atoms with Crippen LogP contribution in [-0.4, -0.2) is 16.5 Å². The van der Waals surface area contributed by atoms with Gasteiger partial charge >= 0.3 is 0 Å². The van der Waals surface area contributed by atoms with Crippen LogP contribution >= 0.6 is 23.4 Å². The maximum atomic E-state index is 12.4. The molecule has 5 heteroatoms. The van der Waals surface area contributed by atoms with Crippen LogP contribution in [0.25, 0.3) is 11.5 Å². The lowest BCUT2D eigenvalue weighted by atomic mass is 9.72. The number of carbonyl (C=O) groups is 1. The summed E-state index contributed by atoms with van der Waals surface area (Å²) in [6, 6.07) is 7.54. The molecule has 1 aromatic heterocycles. The van der Waals surface area contributed by atoms with Crippen LogP contribution in [0, 0.1) is 24.7 Å². The van der Waals surface area contributed by atoms with Gasteiger partial charge in [-0.1, -0.05) is 50.4 Å². The van der Waals surface area contributed by atoms with Gasteiger partial charge in [0.25, 0.3) is 0 Å². The lowest BCUT2D eigenvalue weighted by Crippen LogP contribution is -2.26. The number of carbonyl (C=O) groups excluding carboxylic acids is 1. The molecule has 3 nitrogen and oxygen atoms in total. The topological polar surface area (TPSA) is 43.1 Å². The zero-order valence-electron chi connectivity index (χ0n) is 16.3. The molecular weight excluding hydrogens is 378 g/mol. The summed E-state index contributed by atoms with van der Waals surface area (Å²) in [4.78, 5) is 17.0. The highest BCUT2D eigenvalue weighted by Gasteiger charge is 2.28. The van der Waals surface area contributed by atoms with Crippen molar-refractivity contribution in [3.63, 3.8) is 0 Å². The second-order valence-electron chi connectivity index (χ2n) is 7.76. The first-order chi connectivity index (χ1) is 13.0. The predicted octanol–water partition coefficient (Wildman–Crippen LogP) is 6.57. The summed E-state index contributed by atoms with van der Waals surface area (Å²) in [6.07, 6.45) is 4.49. The highest BCUT2D eigenvalue weighted by atomic mass is 35.5. The number of hydrogen-bond acceptors (Lipinski definition) is 4. The van der Waals surface area contributed by atoms with Crippen molar-refractivity contribution in [2.45, 2.75) is 52.2 Å². The molecule has 27 heavy (non-hydrogen) atoms. The van der Waals surface area contributed by atoms with Crippen molar-refractivity contribution in [1.82, 2.24) is 4.98 Å². The molecule has 146 valence electrons. The highest BCUT2D eigenvalue weighted by molar-refractivity contribution is 7.99. The number of halogens is 1. The van der Waals surface area contributed by atoms with E-state index in [-0.39, 0.29) is 0 Å². The van der Waals surface area contributed by atoms with E-state index in [2.05, 4.69) is 18.8 Å². The fraction of sp³-hybridized carbons (Fsp3) is 0.545. The minimum atomic E-state index is 0.360. The van der Waals surface area contributed by atoms with E-state index in [1.165, 1.54) is 19.3 Å². The molecule has 0 radical (unpaired) electrons. The zero-order chi connectivity index (χ0) is 19.4. The molecule has 3 atom stereocenters. The molecule has 2 aromatic rings. The van der Waals surface area contributed by atoms with Gasteiger partial charge in [-0.15, -0.1) is 11.8 Å². The van der Waals surface area contributed by atoms with Crippen LogP contribution in [0.15, 0.2) is 28.7 Å². The summed E-state index contributed by atoms with van der Waals surface area (Å²) in [6.45, 7) is 6.54. The van der Waals surface area contributed by atoms with Crippen LogP contribution in [0.5, 0.6) is 0 Å². The van der Waals surface area contributed by atoms with Crippen LogP contribution in [0.4, 0.5) is 0 Å². The molecule has 1 aliphatic carbocycles. The van der Waals surface area contributed by atoms with E-state index in [1.807, 2.05) is 31.2 Å². The highest BCUT2D eigenvalue weighted by Crippen LogP contribution is 2.36. The molecule has 0 bridgehead atoms. The standard InChI is InChI=1S/C22H28ClNO2S/c1-14-7-6-8-17(15(14)2)11-18(25)12-27-13-21-16(3)26-22(24-21)19-9-4-5-10-20(19)23/h4-5,9-10,14-15,17H,6-8,11-13H2,1-3H3. The molecule has 1 saturated carbocycles. The summed E-state index contributed by atoms with van der Waals surface area (Å²) in [5, 5.41) is 0.629. The van der Waals surface area contributed by atoms with Gasteiger partial charge in [-0.2, -0.15) is 0 Å². The second kappa shape index (κ2) is 9.29. The monoisotopic (exact) mass is 405 g/mol. The Morgan fingerprint density at radius 1 is 1.30 bits per heavy atom. The Bertz CT molecular complexity index is 788. The summed E-state index contributed by atoms with van der Waals surface area (Å²) in [7, 11) is 0. The number of hydrogen-bond donors (Lipinski definition) is 0. The largest absolute Gasteiger partial charge is 0.441 e. The van der Waals surface area contributed by atoms with Crippen LogP contribution in [0.2, 0.25) is 5.02 Å². The molecule has 0 saturated heterocycles. The summed E-state index contributed by atoms with van der Waals surface area (Å²) < 4.78 is 5.79. The minimum absolute atomic E-state index is 0.360. The number of nitrogens with zero attached hydrogens (tertiary/aromatic N) is 1. The smallest absolute Gasteiger partial charge is 0.228 e. The van der Waals surface area contributed by atoms with Gasteiger partial charge in [-0.25, -0.2) is 4.98 Å². The fourth-order valence-electron chi connectivity index (χ4n) is 3.91. The van der Waals surface area contributed by atoms with E-state index in [0.717, 1.165) is 29.4 Å². The van der Waals surface area contributed by atoms with Crippen molar-refractivity contribution in [1.29, 1.82) is 0 Å². The molecule has 3 unspecified atom stereocenters. The van der Waals surface area contributed by atoms with E-state index < -0.39 is 0 Å². The molecule has 3 rings (SSSR count). The van der Waals surface area contributed by atoms with Crippen molar-refractivity contribution in [2.24, 2.45) is 17.8 Å².